The van der Waals surface area contributed by atoms with Crippen molar-refractivity contribution in [3.8, 4) is 0 Å². The normalized spacial score (nSPS) is 25.7. The zero-order valence-corrected chi connectivity index (χ0v) is 6.46. The van der Waals surface area contributed by atoms with Crippen LogP contribution in [0, 0.1) is 0 Å². The van der Waals surface area contributed by atoms with Crippen LogP contribution in [0.25, 0.3) is 0 Å². The van der Waals surface area contributed by atoms with Gasteiger partial charge in [0.2, 0.25) is 0 Å². The Hall–Kier alpha value is -0.740. The predicted molar refractivity (Wildman–Crippen MR) is 40.4 cm³/mol. The van der Waals surface area contributed by atoms with Crippen LogP contribution < -0.4 is 11.6 Å². The van der Waals surface area contributed by atoms with Gasteiger partial charge in [-0.3, -0.25) is 9.91 Å². The largest absolute Gasteiger partial charge is 0.401 e. The summed E-state index contributed by atoms with van der Waals surface area (Å²) in [5, 5.41) is 1.68. The second-order valence-corrected chi connectivity index (χ2v) is 2.76. The molecule has 0 bridgehead atoms. The van der Waals surface area contributed by atoms with E-state index in [2.05, 4.69) is 4.90 Å². The molecule has 58 valence electrons. The highest BCUT2D eigenvalue weighted by Crippen LogP contribution is 2.11. The summed E-state index contributed by atoms with van der Waals surface area (Å²) in [6.45, 7) is 3.50. The minimum Gasteiger partial charge on any atom is -0.401 e. The van der Waals surface area contributed by atoms with E-state index in [1.165, 1.54) is 0 Å². The second-order valence-electron chi connectivity index (χ2n) is 2.76. The Labute approximate surface area is 61.0 Å². The molecule has 1 aliphatic rings. The Morgan fingerprint density at radius 2 is 2.20 bits per heavy atom. The van der Waals surface area contributed by atoms with Gasteiger partial charge in [-0.05, 0) is 14.0 Å². The number of nitrogens with two attached hydrogens (primary N) is 2. The Kier molecular flexibility index (Phi) is 1.82. The quantitative estimate of drug-likeness (QED) is 0.437. The van der Waals surface area contributed by atoms with E-state index in [1.54, 1.807) is 5.01 Å². The molecule has 0 amide bonds. The van der Waals surface area contributed by atoms with E-state index in [-0.39, 0.29) is 0 Å². The Balaban J connectivity index is 2.73. The number of allylic oxidation sites excluding steroid dienone is 1. The third-order valence-electron chi connectivity index (χ3n) is 1.62. The van der Waals surface area contributed by atoms with E-state index in [0.29, 0.717) is 0 Å². The van der Waals surface area contributed by atoms with Gasteiger partial charge in [-0.2, -0.15) is 0 Å². The van der Waals surface area contributed by atoms with Crippen molar-refractivity contribution in [2.24, 2.45) is 11.6 Å². The highest BCUT2D eigenvalue weighted by molar-refractivity contribution is 5.11. The summed E-state index contributed by atoms with van der Waals surface area (Å²) >= 11 is 0. The molecule has 0 saturated carbocycles. The van der Waals surface area contributed by atoms with Gasteiger partial charge in [0.15, 0.2) is 0 Å². The molecule has 0 aliphatic carbocycles. The van der Waals surface area contributed by atoms with Crippen molar-refractivity contribution in [2.45, 2.75) is 6.92 Å². The van der Waals surface area contributed by atoms with Crippen molar-refractivity contribution in [2.75, 3.05) is 20.3 Å². The first kappa shape index (κ1) is 7.37. The van der Waals surface area contributed by atoms with Crippen LogP contribution in [0.1, 0.15) is 6.92 Å². The number of hydrogen-bond acceptors (Lipinski definition) is 4. The van der Waals surface area contributed by atoms with Gasteiger partial charge < -0.3 is 5.73 Å². The van der Waals surface area contributed by atoms with Crippen molar-refractivity contribution in [1.29, 1.82) is 0 Å². The summed E-state index contributed by atoms with van der Waals surface area (Å²) < 4.78 is 0. The average Bonchev–Trinajstić information content (AvgIpc) is 2.10. The average molecular weight is 142 g/mol. The first-order chi connectivity index (χ1) is 4.61. The van der Waals surface area contributed by atoms with Crippen molar-refractivity contribution < 1.29 is 0 Å². The molecule has 1 rings (SSSR count). The number of likely N-dealkylation sites (N-methyl/N-ethyl adjacent to an activating group) is 1. The number of nitrogens with zero attached hydrogens (tertiary/aromatic N) is 2. The number of rotatable bonds is 0. The van der Waals surface area contributed by atoms with Gasteiger partial charge >= 0.3 is 0 Å². The lowest BCUT2D eigenvalue weighted by molar-refractivity contribution is 0.297. The van der Waals surface area contributed by atoms with E-state index in [9.17, 15) is 0 Å². The molecule has 1 heterocycles. The fourth-order valence-corrected chi connectivity index (χ4v) is 1.09. The SMILES string of the molecule is C/C(N)=C1\CN(C)CN1N. The first-order valence-corrected chi connectivity index (χ1v) is 3.27. The van der Waals surface area contributed by atoms with Crippen LogP contribution in [0.4, 0.5) is 0 Å². The molecule has 0 radical (unpaired) electrons. The smallest absolute Gasteiger partial charge is 0.0859 e. The van der Waals surface area contributed by atoms with Gasteiger partial charge in [0, 0.05) is 12.2 Å². The summed E-state index contributed by atoms with van der Waals surface area (Å²) in [5.41, 5.74) is 7.42. The third kappa shape index (κ3) is 1.22. The van der Waals surface area contributed by atoms with Crippen molar-refractivity contribution in [3.63, 3.8) is 0 Å². The predicted octanol–water partition coefficient (Wildman–Crippen LogP) is -0.745. The topological polar surface area (TPSA) is 58.5 Å². The molecule has 1 aliphatic heterocycles. The molecule has 0 unspecified atom stereocenters. The second kappa shape index (κ2) is 2.48. The zero-order valence-electron chi connectivity index (χ0n) is 6.46. The standard InChI is InChI=1S/C6H14N4/c1-5(7)6-3-9(2)4-10(6)8/h3-4,7-8H2,1-2H3/b6-5-. The van der Waals surface area contributed by atoms with Gasteiger partial charge in [-0.15, -0.1) is 0 Å². The van der Waals surface area contributed by atoms with Crippen molar-refractivity contribution in [1.82, 2.24) is 9.91 Å². The minimum absolute atomic E-state index is 0.768. The van der Waals surface area contributed by atoms with Gasteiger partial charge in [-0.1, -0.05) is 0 Å². The maximum absolute atomic E-state index is 5.62. The summed E-state index contributed by atoms with van der Waals surface area (Å²) in [7, 11) is 2.01. The molecule has 0 aromatic heterocycles. The van der Waals surface area contributed by atoms with E-state index in [0.717, 1.165) is 24.6 Å². The zero-order chi connectivity index (χ0) is 7.72. The summed E-state index contributed by atoms with van der Waals surface area (Å²) in [4.78, 5) is 2.10. The first-order valence-electron chi connectivity index (χ1n) is 3.27. The van der Waals surface area contributed by atoms with Gasteiger partial charge in [-0.25, -0.2) is 5.84 Å². The Bertz CT molecular complexity index is 159. The molecule has 0 spiro atoms. The molecule has 1 saturated heterocycles. The Morgan fingerprint density at radius 1 is 1.60 bits per heavy atom. The monoisotopic (exact) mass is 142 g/mol. The highest BCUT2D eigenvalue weighted by Gasteiger charge is 2.19. The van der Waals surface area contributed by atoms with Crippen LogP contribution in [-0.4, -0.2) is 30.2 Å². The fraction of sp³-hybridized carbons (Fsp3) is 0.667. The maximum Gasteiger partial charge on any atom is 0.0859 e. The van der Waals surface area contributed by atoms with Crippen LogP contribution >= 0.6 is 0 Å². The van der Waals surface area contributed by atoms with Gasteiger partial charge in [0.25, 0.3) is 0 Å². The van der Waals surface area contributed by atoms with Crippen LogP contribution in [0.2, 0.25) is 0 Å². The lowest BCUT2D eigenvalue weighted by Gasteiger charge is -2.11. The van der Waals surface area contributed by atoms with Crippen LogP contribution in [0.3, 0.4) is 0 Å². The van der Waals surface area contributed by atoms with E-state index in [4.69, 9.17) is 11.6 Å². The van der Waals surface area contributed by atoms with Crippen LogP contribution in [0.15, 0.2) is 11.4 Å². The molecule has 0 atom stereocenters. The van der Waals surface area contributed by atoms with Crippen molar-refractivity contribution in [3.05, 3.63) is 11.4 Å². The molecule has 10 heavy (non-hydrogen) atoms. The molecule has 0 aromatic rings. The summed E-state index contributed by atoms with van der Waals surface area (Å²) in [6, 6.07) is 0. The van der Waals surface area contributed by atoms with E-state index >= 15 is 0 Å². The van der Waals surface area contributed by atoms with Gasteiger partial charge in [0.1, 0.15) is 0 Å². The van der Waals surface area contributed by atoms with Crippen LogP contribution in [-0.2, 0) is 0 Å². The number of hydrogen-bond donors (Lipinski definition) is 2. The maximum atomic E-state index is 5.62. The summed E-state index contributed by atoms with van der Waals surface area (Å²) in [5.74, 6) is 5.62. The highest BCUT2D eigenvalue weighted by atomic mass is 15.5. The van der Waals surface area contributed by atoms with Crippen LogP contribution in [0.5, 0.6) is 0 Å². The lowest BCUT2D eigenvalue weighted by atomic mass is 10.3. The van der Waals surface area contributed by atoms with Gasteiger partial charge in [0.05, 0.1) is 12.4 Å². The summed E-state index contributed by atoms with van der Waals surface area (Å²) in [6.07, 6.45) is 0. The molecule has 4 heteroatoms. The number of hydrazine groups is 1. The van der Waals surface area contributed by atoms with E-state index in [1.807, 2.05) is 14.0 Å². The third-order valence-corrected chi connectivity index (χ3v) is 1.62. The molecule has 1 fully saturated rings. The molecule has 4 N–H and O–H groups in total. The fourth-order valence-electron chi connectivity index (χ4n) is 1.09. The Morgan fingerprint density at radius 3 is 2.40 bits per heavy atom. The lowest BCUT2D eigenvalue weighted by Crippen LogP contribution is -2.29. The molecular formula is C6H14N4. The van der Waals surface area contributed by atoms with E-state index < -0.39 is 0 Å². The molecular weight excluding hydrogens is 128 g/mol. The minimum atomic E-state index is 0.768. The van der Waals surface area contributed by atoms with Crippen molar-refractivity contribution >= 4 is 0 Å². The molecule has 0 aromatic carbocycles. The molecule has 4 nitrogen and oxygen atoms in total.